The monoisotopic (exact) mass is 294 g/mol. The lowest BCUT2D eigenvalue weighted by Crippen LogP contribution is -2.42. The van der Waals surface area contributed by atoms with Crippen molar-refractivity contribution in [3.8, 4) is 0 Å². The van der Waals surface area contributed by atoms with E-state index < -0.39 is 0 Å². The number of amides is 2. The molecule has 1 aliphatic heterocycles. The Bertz CT molecular complexity index is 478. The Labute approximate surface area is 126 Å². The van der Waals surface area contributed by atoms with Gasteiger partial charge in [0.1, 0.15) is 0 Å². The average molecular weight is 294 g/mol. The predicted octanol–water partition coefficient (Wildman–Crippen LogP) is 1.67. The maximum absolute atomic E-state index is 11.9. The van der Waals surface area contributed by atoms with Crippen LogP contribution in [0.4, 0.5) is 4.79 Å². The molecule has 0 aromatic carbocycles. The minimum atomic E-state index is -0.143. The highest BCUT2D eigenvalue weighted by Gasteiger charge is 2.37. The van der Waals surface area contributed by atoms with Crippen molar-refractivity contribution < 1.29 is 9.53 Å². The quantitative estimate of drug-likeness (QED) is 0.887. The van der Waals surface area contributed by atoms with E-state index in [-0.39, 0.29) is 17.6 Å². The summed E-state index contributed by atoms with van der Waals surface area (Å²) in [5, 5.41) is 9.87. The zero-order chi connectivity index (χ0) is 15.5. The molecule has 1 aliphatic rings. The van der Waals surface area contributed by atoms with Gasteiger partial charge in [0.2, 0.25) is 0 Å². The van der Waals surface area contributed by atoms with Gasteiger partial charge < -0.3 is 15.4 Å². The molecule has 2 atom stereocenters. The molecule has 1 fully saturated rings. The zero-order valence-corrected chi connectivity index (χ0v) is 13.3. The van der Waals surface area contributed by atoms with E-state index in [9.17, 15) is 4.79 Å². The first-order valence-corrected chi connectivity index (χ1v) is 7.48. The van der Waals surface area contributed by atoms with E-state index in [0.717, 1.165) is 18.7 Å². The van der Waals surface area contributed by atoms with Crippen molar-refractivity contribution in [3.63, 3.8) is 0 Å². The van der Waals surface area contributed by atoms with Gasteiger partial charge in [-0.15, -0.1) is 0 Å². The van der Waals surface area contributed by atoms with E-state index in [1.165, 1.54) is 0 Å². The Morgan fingerprint density at radius 3 is 2.86 bits per heavy atom. The SMILES string of the molecule is Cn1nccc1CNC(=O)NC[C@H]1CCO[C@@H]1C(C)(C)C. The van der Waals surface area contributed by atoms with E-state index in [1.54, 1.807) is 10.9 Å². The van der Waals surface area contributed by atoms with Crippen LogP contribution in [0.15, 0.2) is 12.3 Å². The van der Waals surface area contributed by atoms with Gasteiger partial charge in [-0.1, -0.05) is 20.8 Å². The van der Waals surface area contributed by atoms with Crippen molar-refractivity contribution in [2.24, 2.45) is 18.4 Å². The van der Waals surface area contributed by atoms with Crippen molar-refractivity contribution in [2.75, 3.05) is 13.2 Å². The molecule has 1 aromatic rings. The third kappa shape index (κ3) is 4.20. The van der Waals surface area contributed by atoms with Gasteiger partial charge in [-0.3, -0.25) is 4.68 Å². The molecule has 0 aliphatic carbocycles. The molecule has 0 unspecified atom stereocenters. The van der Waals surface area contributed by atoms with Gasteiger partial charge in [-0.25, -0.2) is 4.79 Å². The minimum Gasteiger partial charge on any atom is -0.377 e. The number of carbonyl (C=O) groups is 1. The van der Waals surface area contributed by atoms with Crippen LogP contribution in [0.5, 0.6) is 0 Å². The largest absolute Gasteiger partial charge is 0.377 e. The van der Waals surface area contributed by atoms with Crippen molar-refractivity contribution in [1.29, 1.82) is 0 Å². The summed E-state index contributed by atoms with van der Waals surface area (Å²) in [6, 6.07) is 1.75. The van der Waals surface area contributed by atoms with Crippen LogP contribution in [-0.4, -0.2) is 35.1 Å². The molecule has 0 bridgehead atoms. The van der Waals surface area contributed by atoms with Gasteiger partial charge in [-0.05, 0) is 17.9 Å². The Kier molecular flexibility index (Phi) is 4.88. The highest BCUT2D eigenvalue weighted by atomic mass is 16.5. The van der Waals surface area contributed by atoms with Gasteiger partial charge in [0.05, 0.1) is 18.3 Å². The molecule has 1 saturated heterocycles. The lowest BCUT2D eigenvalue weighted by atomic mass is 9.81. The van der Waals surface area contributed by atoms with Crippen LogP contribution in [0.2, 0.25) is 0 Å². The molecule has 0 spiro atoms. The number of rotatable bonds is 4. The normalized spacial score (nSPS) is 22.3. The van der Waals surface area contributed by atoms with Crippen LogP contribution < -0.4 is 10.6 Å². The van der Waals surface area contributed by atoms with Crippen LogP contribution in [-0.2, 0) is 18.3 Å². The molecule has 1 aromatic heterocycles. The molecular weight excluding hydrogens is 268 g/mol. The lowest BCUT2D eigenvalue weighted by Gasteiger charge is -2.31. The maximum Gasteiger partial charge on any atom is 0.315 e. The highest BCUT2D eigenvalue weighted by Crippen LogP contribution is 2.34. The summed E-state index contributed by atoms with van der Waals surface area (Å²) in [6.07, 6.45) is 2.93. The average Bonchev–Trinajstić information content (AvgIpc) is 3.02. The summed E-state index contributed by atoms with van der Waals surface area (Å²) < 4.78 is 7.56. The second kappa shape index (κ2) is 6.47. The first-order valence-electron chi connectivity index (χ1n) is 7.48. The standard InChI is InChI=1S/C15H26N4O2/c1-15(2,3)13-11(6-8-21-13)9-16-14(20)17-10-12-5-7-18-19(12)4/h5,7,11,13H,6,8-10H2,1-4H3,(H2,16,17,20)/t11-,13+/m1/s1. The number of nitrogens with one attached hydrogen (secondary N) is 2. The Balaban J connectivity index is 1.75. The van der Waals surface area contributed by atoms with Crippen molar-refractivity contribution >= 4 is 6.03 Å². The van der Waals surface area contributed by atoms with E-state index in [2.05, 4.69) is 36.5 Å². The number of ether oxygens (including phenoxy) is 1. The van der Waals surface area contributed by atoms with Gasteiger partial charge >= 0.3 is 6.03 Å². The van der Waals surface area contributed by atoms with Crippen LogP contribution in [0, 0.1) is 11.3 Å². The molecule has 2 rings (SSSR count). The number of aryl methyl sites for hydroxylation is 1. The third-order valence-electron chi connectivity index (χ3n) is 3.95. The van der Waals surface area contributed by atoms with Crippen LogP contribution in [0.1, 0.15) is 32.9 Å². The highest BCUT2D eigenvalue weighted by molar-refractivity contribution is 5.73. The predicted molar refractivity (Wildman–Crippen MR) is 80.7 cm³/mol. The van der Waals surface area contributed by atoms with E-state index >= 15 is 0 Å². The Morgan fingerprint density at radius 1 is 1.48 bits per heavy atom. The zero-order valence-electron chi connectivity index (χ0n) is 13.3. The molecule has 21 heavy (non-hydrogen) atoms. The molecule has 0 radical (unpaired) electrons. The summed E-state index contributed by atoms with van der Waals surface area (Å²) in [6.45, 7) is 8.45. The number of carbonyl (C=O) groups excluding carboxylic acids is 1. The molecule has 2 amide bonds. The first kappa shape index (κ1) is 15.8. The Morgan fingerprint density at radius 2 is 2.24 bits per heavy atom. The smallest absolute Gasteiger partial charge is 0.315 e. The lowest BCUT2D eigenvalue weighted by molar-refractivity contribution is 0.00775. The van der Waals surface area contributed by atoms with E-state index in [4.69, 9.17) is 4.74 Å². The molecular formula is C15H26N4O2. The molecule has 2 N–H and O–H groups in total. The number of hydrogen-bond acceptors (Lipinski definition) is 3. The van der Waals surface area contributed by atoms with Gasteiger partial charge in [-0.2, -0.15) is 5.10 Å². The fourth-order valence-corrected chi connectivity index (χ4v) is 2.83. The number of aromatic nitrogens is 2. The second-order valence-electron chi connectivity index (χ2n) is 6.72. The van der Waals surface area contributed by atoms with Gasteiger partial charge in [0, 0.05) is 32.3 Å². The number of urea groups is 1. The fourth-order valence-electron chi connectivity index (χ4n) is 2.83. The fraction of sp³-hybridized carbons (Fsp3) is 0.733. The molecule has 6 nitrogen and oxygen atoms in total. The molecule has 118 valence electrons. The van der Waals surface area contributed by atoms with Crippen LogP contribution >= 0.6 is 0 Å². The third-order valence-corrected chi connectivity index (χ3v) is 3.95. The number of nitrogens with zero attached hydrogens (tertiary/aromatic N) is 2. The topological polar surface area (TPSA) is 68.2 Å². The van der Waals surface area contributed by atoms with Gasteiger partial charge in [0.15, 0.2) is 0 Å². The van der Waals surface area contributed by atoms with Gasteiger partial charge in [0.25, 0.3) is 0 Å². The summed E-state index contributed by atoms with van der Waals surface area (Å²) >= 11 is 0. The molecule has 6 heteroatoms. The number of hydrogen-bond donors (Lipinski definition) is 2. The summed E-state index contributed by atoms with van der Waals surface area (Å²) in [5.41, 5.74) is 1.08. The molecule has 2 heterocycles. The van der Waals surface area contributed by atoms with E-state index in [1.807, 2.05) is 13.1 Å². The maximum atomic E-state index is 11.9. The van der Waals surface area contributed by atoms with E-state index in [0.29, 0.717) is 19.0 Å². The van der Waals surface area contributed by atoms with Crippen molar-refractivity contribution in [2.45, 2.75) is 39.8 Å². The van der Waals surface area contributed by atoms with Crippen molar-refractivity contribution in [1.82, 2.24) is 20.4 Å². The summed E-state index contributed by atoms with van der Waals surface area (Å²) in [5.74, 6) is 0.382. The summed E-state index contributed by atoms with van der Waals surface area (Å²) in [7, 11) is 1.86. The second-order valence-corrected chi connectivity index (χ2v) is 6.72. The Hall–Kier alpha value is -1.56. The first-order chi connectivity index (χ1) is 9.88. The minimum absolute atomic E-state index is 0.105. The van der Waals surface area contributed by atoms with Crippen LogP contribution in [0.25, 0.3) is 0 Å². The van der Waals surface area contributed by atoms with Crippen LogP contribution in [0.3, 0.4) is 0 Å². The summed E-state index contributed by atoms with van der Waals surface area (Å²) in [4.78, 5) is 11.9. The molecule has 0 saturated carbocycles. The van der Waals surface area contributed by atoms with Crippen molar-refractivity contribution in [3.05, 3.63) is 18.0 Å².